The van der Waals surface area contributed by atoms with Crippen LogP contribution in [-0.2, 0) is 14.3 Å². The summed E-state index contributed by atoms with van der Waals surface area (Å²) in [5.41, 5.74) is 4.03. The van der Waals surface area contributed by atoms with E-state index in [1.807, 2.05) is 31.2 Å². The number of carbonyl (C=O) groups is 3. The van der Waals surface area contributed by atoms with Crippen molar-refractivity contribution >= 4 is 18.0 Å². The summed E-state index contributed by atoms with van der Waals surface area (Å²) >= 11 is 0. The fourth-order valence-corrected chi connectivity index (χ4v) is 5.31. The number of carboxylic acids is 1. The number of aliphatic carboxylic acids is 1. The highest BCUT2D eigenvalue weighted by Gasteiger charge is 2.37. The number of fused-ring (bicyclic) bond motifs is 3. The van der Waals surface area contributed by atoms with Crippen molar-refractivity contribution in [1.29, 1.82) is 0 Å². The number of alkyl carbamates (subject to hydrolysis) is 1. The Morgan fingerprint density at radius 2 is 1.62 bits per heavy atom. The molecular weight excluding hydrogens is 432 g/mol. The highest BCUT2D eigenvalue weighted by Crippen LogP contribution is 2.44. The molecule has 2 aromatic rings. The number of ether oxygens (including phenoxy) is 1. The van der Waals surface area contributed by atoms with Crippen LogP contribution in [-0.4, -0.2) is 41.3 Å². The molecule has 0 bridgehead atoms. The monoisotopic (exact) mass is 464 g/mol. The molecule has 2 aliphatic rings. The molecule has 0 radical (unpaired) electrons. The first-order valence-corrected chi connectivity index (χ1v) is 12.0. The number of rotatable bonds is 9. The largest absolute Gasteiger partial charge is 0.481 e. The molecule has 7 nitrogen and oxygen atoms in total. The lowest BCUT2D eigenvalue weighted by Gasteiger charge is -2.29. The van der Waals surface area contributed by atoms with Gasteiger partial charge in [0.15, 0.2) is 0 Å². The van der Waals surface area contributed by atoms with Crippen LogP contribution in [0.2, 0.25) is 0 Å². The molecule has 0 aromatic heterocycles. The second-order valence-electron chi connectivity index (χ2n) is 9.52. The van der Waals surface area contributed by atoms with E-state index in [0.29, 0.717) is 19.3 Å². The van der Waals surface area contributed by atoms with Gasteiger partial charge < -0.3 is 20.5 Å². The molecule has 7 heteroatoms. The zero-order valence-electron chi connectivity index (χ0n) is 19.5. The van der Waals surface area contributed by atoms with Crippen molar-refractivity contribution in [1.82, 2.24) is 10.6 Å². The normalized spacial score (nSPS) is 16.9. The van der Waals surface area contributed by atoms with Crippen molar-refractivity contribution in [3.8, 4) is 11.1 Å². The highest BCUT2D eigenvalue weighted by atomic mass is 16.5. The molecule has 34 heavy (non-hydrogen) atoms. The first-order chi connectivity index (χ1) is 16.4. The second kappa shape index (κ2) is 10.3. The average molecular weight is 465 g/mol. The predicted octanol–water partition coefficient (Wildman–Crippen LogP) is 4.60. The number of nitrogens with one attached hydrogen (secondary N) is 2. The summed E-state index contributed by atoms with van der Waals surface area (Å²) in [5.74, 6) is -1.08. The van der Waals surface area contributed by atoms with E-state index in [4.69, 9.17) is 4.74 Å². The van der Waals surface area contributed by atoms with E-state index in [0.717, 1.165) is 24.0 Å². The Hall–Kier alpha value is -3.35. The first-order valence-electron chi connectivity index (χ1n) is 12.0. The maximum absolute atomic E-state index is 12.5. The maximum atomic E-state index is 12.5. The van der Waals surface area contributed by atoms with Crippen molar-refractivity contribution in [3.05, 3.63) is 59.7 Å². The molecule has 0 aliphatic heterocycles. The molecule has 2 amide bonds. The molecule has 1 atom stereocenters. The van der Waals surface area contributed by atoms with Crippen LogP contribution in [0.1, 0.15) is 68.9 Å². The number of carboxylic acid groups (broad SMARTS) is 1. The Morgan fingerprint density at radius 1 is 1.03 bits per heavy atom. The van der Waals surface area contributed by atoms with E-state index in [1.165, 1.54) is 11.1 Å². The van der Waals surface area contributed by atoms with E-state index in [2.05, 4.69) is 34.9 Å². The van der Waals surface area contributed by atoms with E-state index in [-0.39, 0.29) is 37.3 Å². The standard InChI is InChI=1S/C27H32N2O5/c1-18(12-13-24(30)29-27(16-25(31)32)14-6-7-15-27)28-26(33)34-17-23-21-10-4-2-8-19(21)20-9-3-5-11-22(20)23/h2-5,8-11,18,23H,6-7,12-17H2,1H3,(H,28,33)(H,29,30)(H,31,32). The van der Waals surface area contributed by atoms with Gasteiger partial charge >= 0.3 is 12.1 Å². The third kappa shape index (κ3) is 5.41. The number of benzene rings is 2. The molecule has 3 N–H and O–H groups in total. The van der Waals surface area contributed by atoms with Gasteiger partial charge in [0.2, 0.25) is 5.91 Å². The number of amides is 2. The average Bonchev–Trinajstić information content (AvgIpc) is 3.38. The minimum Gasteiger partial charge on any atom is -0.481 e. The third-order valence-electron chi connectivity index (χ3n) is 6.97. The van der Waals surface area contributed by atoms with Gasteiger partial charge in [0, 0.05) is 18.4 Å². The third-order valence-corrected chi connectivity index (χ3v) is 6.97. The minimum atomic E-state index is -0.896. The van der Waals surface area contributed by atoms with Crippen molar-refractivity contribution in [3.63, 3.8) is 0 Å². The fourth-order valence-electron chi connectivity index (χ4n) is 5.31. The summed E-state index contributed by atoms with van der Waals surface area (Å²) in [7, 11) is 0. The van der Waals surface area contributed by atoms with Crippen LogP contribution in [0.15, 0.2) is 48.5 Å². The maximum Gasteiger partial charge on any atom is 0.407 e. The molecule has 2 aromatic carbocycles. The van der Waals surface area contributed by atoms with Gasteiger partial charge in [-0.15, -0.1) is 0 Å². The van der Waals surface area contributed by atoms with Gasteiger partial charge in [0.25, 0.3) is 0 Å². The van der Waals surface area contributed by atoms with E-state index < -0.39 is 17.6 Å². The lowest BCUT2D eigenvalue weighted by Crippen LogP contribution is -2.48. The summed E-state index contributed by atoms with van der Waals surface area (Å²) in [6, 6.07) is 16.1. The number of hydrogen-bond donors (Lipinski definition) is 3. The molecular formula is C27H32N2O5. The summed E-state index contributed by atoms with van der Waals surface area (Å²) in [6.07, 6.45) is 3.34. The minimum absolute atomic E-state index is 0.00364. The summed E-state index contributed by atoms with van der Waals surface area (Å²) < 4.78 is 5.57. The summed E-state index contributed by atoms with van der Waals surface area (Å²) in [4.78, 5) is 36.1. The lowest BCUT2D eigenvalue weighted by atomic mass is 9.93. The van der Waals surface area contributed by atoms with Crippen molar-refractivity contribution < 1.29 is 24.2 Å². The molecule has 1 fully saturated rings. The quantitative estimate of drug-likeness (QED) is 0.503. The second-order valence-corrected chi connectivity index (χ2v) is 9.52. The van der Waals surface area contributed by atoms with Crippen LogP contribution in [0.5, 0.6) is 0 Å². The van der Waals surface area contributed by atoms with Crippen molar-refractivity contribution in [2.24, 2.45) is 0 Å². The Morgan fingerprint density at radius 3 is 2.21 bits per heavy atom. The zero-order chi connectivity index (χ0) is 24.1. The van der Waals surface area contributed by atoms with Crippen LogP contribution >= 0.6 is 0 Å². The summed E-state index contributed by atoms with van der Waals surface area (Å²) in [6.45, 7) is 2.07. The Kier molecular flexibility index (Phi) is 7.20. The van der Waals surface area contributed by atoms with Gasteiger partial charge in [0.05, 0.1) is 12.0 Å². The van der Waals surface area contributed by atoms with Crippen LogP contribution in [0.4, 0.5) is 4.79 Å². The van der Waals surface area contributed by atoms with Crippen LogP contribution < -0.4 is 10.6 Å². The molecule has 180 valence electrons. The number of carbonyl (C=O) groups excluding carboxylic acids is 2. The van der Waals surface area contributed by atoms with Gasteiger partial charge in [0.1, 0.15) is 6.61 Å². The van der Waals surface area contributed by atoms with Gasteiger partial charge in [-0.25, -0.2) is 4.79 Å². The lowest BCUT2D eigenvalue weighted by molar-refractivity contribution is -0.139. The summed E-state index contributed by atoms with van der Waals surface area (Å²) in [5, 5.41) is 15.0. The Bertz CT molecular complexity index is 1010. The van der Waals surface area contributed by atoms with Gasteiger partial charge in [-0.2, -0.15) is 0 Å². The van der Waals surface area contributed by atoms with E-state index in [9.17, 15) is 19.5 Å². The van der Waals surface area contributed by atoms with Crippen molar-refractivity contribution in [2.45, 2.75) is 69.4 Å². The SMILES string of the molecule is CC(CCC(=O)NC1(CC(=O)O)CCCC1)NC(=O)OCC1c2ccccc2-c2ccccc21. The highest BCUT2D eigenvalue weighted by molar-refractivity contribution is 5.79. The Labute approximate surface area is 199 Å². The molecule has 0 heterocycles. The van der Waals surface area contributed by atoms with E-state index in [1.54, 1.807) is 0 Å². The van der Waals surface area contributed by atoms with Crippen LogP contribution in [0.25, 0.3) is 11.1 Å². The zero-order valence-corrected chi connectivity index (χ0v) is 19.5. The van der Waals surface area contributed by atoms with Crippen LogP contribution in [0.3, 0.4) is 0 Å². The molecule has 1 unspecified atom stereocenters. The molecule has 1 saturated carbocycles. The Balaban J connectivity index is 1.25. The van der Waals surface area contributed by atoms with E-state index >= 15 is 0 Å². The van der Waals surface area contributed by atoms with Gasteiger partial charge in [-0.1, -0.05) is 61.4 Å². The van der Waals surface area contributed by atoms with Crippen molar-refractivity contribution in [2.75, 3.05) is 6.61 Å². The van der Waals surface area contributed by atoms with Gasteiger partial charge in [-0.3, -0.25) is 9.59 Å². The predicted molar refractivity (Wildman–Crippen MR) is 128 cm³/mol. The smallest absolute Gasteiger partial charge is 0.407 e. The van der Waals surface area contributed by atoms with Crippen LogP contribution in [0, 0.1) is 0 Å². The molecule has 4 rings (SSSR count). The molecule has 2 aliphatic carbocycles. The molecule has 0 spiro atoms. The fraction of sp³-hybridized carbons (Fsp3) is 0.444. The van der Waals surface area contributed by atoms with Gasteiger partial charge in [-0.05, 0) is 48.4 Å². The topological polar surface area (TPSA) is 105 Å². The first kappa shape index (κ1) is 23.8. The molecule has 0 saturated heterocycles. The number of hydrogen-bond acceptors (Lipinski definition) is 4.